The Morgan fingerprint density at radius 3 is 2.72 bits per heavy atom. The number of hydrogen-bond acceptors (Lipinski definition) is 3. The molecular weight excluding hydrogens is 252 g/mol. The summed E-state index contributed by atoms with van der Waals surface area (Å²) in [6.07, 6.45) is 0.645. The zero-order chi connectivity index (χ0) is 13.7. The SMILES string of the molecule is Cc1ccc(Cl)c(N(C)CCC(=O)NC=O)c1C. The molecule has 0 bridgehead atoms. The van der Waals surface area contributed by atoms with E-state index in [1.807, 2.05) is 37.9 Å². The maximum Gasteiger partial charge on any atom is 0.228 e. The molecule has 0 aliphatic carbocycles. The van der Waals surface area contributed by atoms with Gasteiger partial charge in [0.2, 0.25) is 12.3 Å². The first kappa shape index (κ1) is 14.5. The number of aryl methyl sites for hydroxylation is 1. The van der Waals surface area contributed by atoms with Crippen molar-refractivity contribution in [1.82, 2.24) is 5.32 Å². The molecule has 1 aromatic rings. The Hall–Kier alpha value is -1.55. The lowest BCUT2D eigenvalue weighted by molar-refractivity contribution is -0.125. The third kappa shape index (κ3) is 3.47. The number of nitrogens with one attached hydrogen (secondary N) is 1. The minimum Gasteiger partial charge on any atom is -0.373 e. The average Bonchev–Trinajstić information content (AvgIpc) is 2.32. The van der Waals surface area contributed by atoms with Crippen molar-refractivity contribution in [3.63, 3.8) is 0 Å². The standard InChI is InChI=1S/C13H17ClN2O2/c1-9-4-5-11(14)13(10(9)2)16(3)7-6-12(18)15-8-17/h4-5,8H,6-7H2,1-3H3,(H,15,17,18). The highest BCUT2D eigenvalue weighted by molar-refractivity contribution is 6.33. The molecule has 0 heterocycles. The second-order valence-corrected chi connectivity index (χ2v) is 4.60. The number of benzene rings is 1. The highest BCUT2D eigenvalue weighted by atomic mass is 35.5. The van der Waals surface area contributed by atoms with Crippen LogP contribution in [0.5, 0.6) is 0 Å². The highest BCUT2D eigenvalue weighted by Gasteiger charge is 2.12. The van der Waals surface area contributed by atoms with E-state index in [9.17, 15) is 9.59 Å². The molecule has 5 heteroatoms. The van der Waals surface area contributed by atoms with Crippen LogP contribution in [0.3, 0.4) is 0 Å². The van der Waals surface area contributed by atoms with Gasteiger partial charge in [0.1, 0.15) is 0 Å². The van der Waals surface area contributed by atoms with Crippen LogP contribution in [0.1, 0.15) is 17.5 Å². The Morgan fingerprint density at radius 1 is 1.44 bits per heavy atom. The predicted molar refractivity (Wildman–Crippen MR) is 73.0 cm³/mol. The molecule has 4 nitrogen and oxygen atoms in total. The Balaban J connectivity index is 2.78. The Morgan fingerprint density at radius 2 is 2.11 bits per heavy atom. The van der Waals surface area contributed by atoms with Gasteiger partial charge in [-0.2, -0.15) is 0 Å². The molecule has 98 valence electrons. The summed E-state index contributed by atoms with van der Waals surface area (Å²) in [7, 11) is 1.88. The van der Waals surface area contributed by atoms with Crippen molar-refractivity contribution in [3.8, 4) is 0 Å². The van der Waals surface area contributed by atoms with E-state index in [0.717, 1.165) is 16.8 Å². The molecule has 1 rings (SSSR count). The Labute approximate surface area is 112 Å². The summed E-state index contributed by atoms with van der Waals surface area (Å²) in [6.45, 7) is 4.52. The number of imide groups is 1. The molecule has 1 N–H and O–H groups in total. The smallest absolute Gasteiger partial charge is 0.228 e. The number of nitrogens with zero attached hydrogens (tertiary/aromatic N) is 1. The zero-order valence-electron chi connectivity index (χ0n) is 10.8. The van der Waals surface area contributed by atoms with Gasteiger partial charge in [-0.3, -0.25) is 14.9 Å². The summed E-state index contributed by atoms with van der Waals surface area (Å²) in [5.41, 5.74) is 3.18. The van der Waals surface area contributed by atoms with Crippen LogP contribution in [0.25, 0.3) is 0 Å². The van der Waals surface area contributed by atoms with Crippen LogP contribution >= 0.6 is 11.6 Å². The topological polar surface area (TPSA) is 49.4 Å². The lowest BCUT2D eigenvalue weighted by Crippen LogP contribution is -2.28. The number of anilines is 1. The second-order valence-electron chi connectivity index (χ2n) is 4.19. The van der Waals surface area contributed by atoms with Gasteiger partial charge >= 0.3 is 0 Å². The van der Waals surface area contributed by atoms with Gasteiger partial charge < -0.3 is 4.90 Å². The van der Waals surface area contributed by atoms with Gasteiger partial charge in [-0.25, -0.2) is 0 Å². The molecule has 1 aromatic carbocycles. The fourth-order valence-corrected chi connectivity index (χ4v) is 2.10. The molecule has 0 saturated heterocycles. The van der Waals surface area contributed by atoms with Gasteiger partial charge in [0.15, 0.2) is 0 Å². The molecule has 0 spiro atoms. The number of carbonyl (C=O) groups excluding carboxylic acids is 2. The van der Waals surface area contributed by atoms with E-state index < -0.39 is 0 Å². The third-order valence-corrected chi connectivity index (χ3v) is 3.23. The van der Waals surface area contributed by atoms with E-state index in [-0.39, 0.29) is 12.3 Å². The molecule has 0 atom stereocenters. The van der Waals surface area contributed by atoms with Gasteiger partial charge in [0.25, 0.3) is 0 Å². The minimum atomic E-state index is -0.293. The first-order chi connectivity index (χ1) is 8.47. The van der Waals surface area contributed by atoms with E-state index >= 15 is 0 Å². The van der Waals surface area contributed by atoms with Gasteiger partial charge in [-0.15, -0.1) is 0 Å². The molecule has 0 saturated carbocycles. The first-order valence-corrected chi connectivity index (χ1v) is 6.05. The monoisotopic (exact) mass is 268 g/mol. The van der Waals surface area contributed by atoms with Gasteiger partial charge in [0, 0.05) is 20.0 Å². The molecular formula is C13H17ClN2O2. The molecule has 0 aliphatic heterocycles. The van der Waals surface area contributed by atoms with Crippen LogP contribution in [-0.2, 0) is 9.59 Å². The maximum atomic E-state index is 11.2. The summed E-state index contributed by atoms with van der Waals surface area (Å²) in [4.78, 5) is 23.3. The maximum absolute atomic E-state index is 11.2. The zero-order valence-corrected chi connectivity index (χ0v) is 11.5. The van der Waals surface area contributed by atoms with Crippen molar-refractivity contribution in [3.05, 3.63) is 28.3 Å². The summed E-state index contributed by atoms with van der Waals surface area (Å²) < 4.78 is 0. The van der Waals surface area contributed by atoms with Crippen LogP contribution in [0.4, 0.5) is 5.69 Å². The van der Waals surface area contributed by atoms with Crippen LogP contribution in [0, 0.1) is 13.8 Å². The first-order valence-electron chi connectivity index (χ1n) is 5.67. The number of hydrogen-bond donors (Lipinski definition) is 1. The molecule has 0 unspecified atom stereocenters. The lowest BCUT2D eigenvalue weighted by Gasteiger charge is -2.23. The summed E-state index contributed by atoms with van der Waals surface area (Å²) in [5, 5.41) is 2.78. The second kappa shape index (κ2) is 6.40. The number of rotatable bonds is 5. The fraction of sp³-hybridized carbons (Fsp3) is 0.385. The van der Waals surface area contributed by atoms with Gasteiger partial charge in [-0.05, 0) is 31.0 Å². The normalized spacial score (nSPS) is 10.0. The van der Waals surface area contributed by atoms with E-state index in [4.69, 9.17) is 11.6 Å². The average molecular weight is 269 g/mol. The minimum absolute atomic E-state index is 0.249. The number of amides is 2. The quantitative estimate of drug-likeness (QED) is 0.832. The van der Waals surface area contributed by atoms with Crippen molar-refractivity contribution in [1.29, 1.82) is 0 Å². The largest absolute Gasteiger partial charge is 0.373 e. The molecule has 0 radical (unpaired) electrons. The summed E-state index contributed by atoms with van der Waals surface area (Å²) in [6, 6.07) is 3.81. The number of halogens is 1. The van der Waals surface area contributed by atoms with Crippen LogP contribution in [-0.4, -0.2) is 25.9 Å². The van der Waals surface area contributed by atoms with Crippen molar-refractivity contribution in [2.75, 3.05) is 18.5 Å². The summed E-state index contributed by atoms with van der Waals surface area (Å²) >= 11 is 6.17. The third-order valence-electron chi connectivity index (χ3n) is 2.93. The highest BCUT2D eigenvalue weighted by Crippen LogP contribution is 2.30. The molecule has 18 heavy (non-hydrogen) atoms. The van der Waals surface area contributed by atoms with Crippen LogP contribution in [0.2, 0.25) is 5.02 Å². The predicted octanol–water partition coefficient (Wildman–Crippen LogP) is 2.06. The van der Waals surface area contributed by atoms with Gasteiger partial charge in [0.05, 0.1) is 10.7 Å². The van der Waals surface area contributed by atoms with Crippen LogP contribution in [0.15, 0.2) is 12.1 Å². The fourth-order valence-electron chi connectivity index (χ4n) is 1.76. The lowest BCUT2D eigenvalue weighted by atomic mass is 10.1. The van der Waals surface area contributed by atoms with E-state index in [1.54, 1.807) is 0 Å². The van der Waals surface area contributed by atoms with Crippen molar-refractivity contribution in [2.45, 2.75) is 20.3 Å². The molecule has 0 fully saturated rings. The Kier molecular flexibility index (Phi) is 5.16. The molecule has 0 aromatic heterocycles. The molecule has 2 amide bonds. The Bertz CT molecular complexity index is 461. The van der Waals surface area contributed by atoms with E-state index in [0.29, 0.717) is 18.0 Å². The van der Waals surface area contributed by atoms with E-state index in [1.165, 1.54) is 0 Å². The van der Waals surface area contributed by atoms with Gasteiger partial charge in [-0.1, -0.05) is 17.7 Å². The number of carbonyl (C=O) groups is 2. The van der Waals surface area contributed by atoms with Crippen molar-refractivity contribution in [2.24, 2.45) is 0 Å². The summed E-state index contributed by atoms with van der Waals surface area (Å²) in [5.74, 6) is -0.293. The molecule has 0 aliphatic rings. The van der Waals surface area contributed by atoms with Crippen LogP contribution < -0.4 is 10.2 Å². The van der Waals surface area contributed by atoms with Crippen molar-refractivity contribution >= 4 is 29.6 Å². The van der Waals surface area contributed by atoms with Crippen molar-refractivity contribution < 1.29 is 9.59 Å². The van der Waals surface area contributed by atoms with E-state index in [2.05, 4.69) is 5.32 Å².